The van der Waals surface area contributed by atoms with Gasteiger partial charge in [-0.1, -0.05) is 22.4 Å². The van der Waals surface area contributed by atoms with Crippen molar-refractivity contribution in [3.05, 3.63) is 41.7 Å². The maximum Gasteiger partial charge on any atom is 0.232 e. The minimum Gasteiger partial charge on any atom is -0.367 e. The highest BCUT2D eigenvalue weighted by atomic mass is 16.5. The molecule has 0 aliphatic carbocycles. The summed E-state index contributed by atoms with van der Waals surface area (Å²) in [5.41, 5.74) is 1.55. The Labute approximate surface area is 120 Å². The summed E-state index contributed by atoms with van der Waals surface area (Å²) >= 11 is 0. The number of nitrogens with one attached hydrogen (secondary N) is 1. The van der Waals surface area contributed by atoms with Crippen LogP contribution in [0.25, 0.3) is 11.0 Å². The zero-order chi connectivity index (χ0) is 14.1. The van der Waals surface area contributed by atoms with Crippen LogP contribution in [0.3, 0.4) is 0 Å². The molecule has 4 rings (SSSR count). The minimum absolute atomic E-state index is 0.148. The molecular formula is C14H14N4O3. The Bertz CT molecular complexity index is 745. The monoisotopic (exact) mass is 286 g/mol. The highest BCUT2D eigenvalue weighted by molar-refractivity contribution is 5.79. The van der Waals surface area contributed by atoms with Crippen LogP contribution in [0.2, 0.25) is 0 Å². The van der Waals surface area contributed by atoms with Crippen molar-refractivity contribution in [2.24, 2.45) is 0 Å². The van der Waals surface area contributed by atoms with Crippen LogP contribution in [0.4, 0.5) is 0 Å². The number of nitrogens with zero attached hydrogens (tertiary/aromatic N) is 3. The lowest BCUT2D eigenvalue weighted by atomic mass is 10.2. The lowest BCUT2D eigenvalue weighted by molar-refractivity contribution is 0.0208. The van der Waals surface area contributed by atoms with Crippen molar-refractivity contribution in [3.63, 3.8) is 0 Å². The SMILES string of the molecule is c1ccc2c(Cc3nc(C4CNCCO4)no3)noc2c1. The van der Waals surface area contributed by atoms with E-state index in [2.05, 4.69) is 20.6 Å². The van der Waals surface area contributed by atoms with Gasteiger partial charge in [0.2, 0.25) is 11.7 Å². The second kappa shape index (κ2) is 5.27. The molecule has 108 valence electrons. The molecule has 1 N–H and O–H groups in total. The summed E-state index contributed by atoms with van der Waals surface area (Å²) in [7, 11) is 0. The third-order valence-corrected chi connectivity index (χ3v) is 3.47. The molecule has 21 heavy (non-hydrogen) atoms. The number of ether oxygens (including phenoxy) is 1. The van der Waals surface area contributed by atoms with E-state index >= 15 is 0 Å². The van der Waals surface area contributed by atoms with Gasteiger partial charge < -0.3 is 19.1 Å². The Kier molecular flexibility index (Phi) is 3.13. The lowest BCUT2D eigenvalue weighted by Gasteiger charge is -2.20. The molecule has 1 saturated heterocycles. The van der Waals surface area contributed by atoms with Gasteiger partial charge in [0.1, 0.15) is 11.8 Å². The van der Waals surface area contributed by atoms with Crippen LogP contribution >= 0.6 is 0 Å². The van der Waals surface area contributed by atoms with E-state index in [0.29, 0.717) is 31.3 Å². The fourth-order valence-corrected chi connectivity index (χ4v) is 2.41. The Morgan fingerprint density at radius 2 is 2.14 bits per heavy atom. The summed E-state index contributed by atoms with van der Waals surface area (Å²) in [6.45, 7) is 2.21. The van der Waals surface area contributed by atoms with Gasteiger partial charge in [0, 0.05) is 18.5 Å². The fraction of sp³-hybridized carbons (Fsp3) is 0.357. The fourth-order valence-electron chi connectivity index (χ4n) is 2.41. The van der Waals surface area contributed by atoms with Crippen molar-refractivity contribution in [2.75, 3.05) is 19.7 Å². The van der Waals surface area contributed by atoms with Crippen LogP contribution in [0.1, 0.15) is 23.5 Å². The van der Waals surface area contributed by atoms with Gasteiger partial charge in [-0.15, -0.1) is 0 Å². The summed E-state index contributed by atoms with van der Waals surface area (Å²) in [6, 6.07) is 7.71. The van der Waals surface area contributed by atoms with Crippen LogP contribution in [0, 0.1) is 0 Å². The maximum absolute atomic E-state index is 5.60. The summed E-state index contributed by atoms with van der Waals surface area (Å²) in [5, 5.41) is 12.3. The van der Waals surface area contributed by atoms with Crippen molar-refractivity contribution in [1.29, 1.82) is 0 Å². The van der Waals surface area contributed by atoms with Crippen molar-refractivity contribution < 1.29 is 13.8 Å². The summed E-state index contributed by atoms with van der Waals surface area (Å²) in [4.78, 5) is 4.39. The molecule has 0 amide bonds. The number of aromatic nitrogens is 3. The lowest BCUT2D eigenvalue weighted by Crippen LogP contribution is -2.33. The molecule has 1 aliphatic heterocycles. The zero-order valence-corrected chi connectivity index (χ0v) is 11.3. The third kappa shape index (κ3) is 2.41. The maximum atomic E-state index is 5.60. The van der Waals surface area contributed by atoms with Crippen LogP contribution < -0.4 is 5.32 Å². The van der Waals surface area contributed by atoms with E-state index in [1.807, 2.05) is 24.3 Å². The van der Waals surface area contributed by atoms with Crippen LogP contribution in [0.15, 0.2) is 33.3 Å². The number of morpholine rings is 1. The molecular weight excluding hydrogens is 272 g/mol. The summed E-state index contributed by atoms with van der Waals surface area (Å²) in [6.07, 6.45) is 0.301. The minimum atomic E-state index is -0.148. The van der Waals surface area contributed by atoms with Gasteiger partial charge in [0.25, 0.3) is 0 Å². The van der Waals surface area contributed by atoms with Crippen LogP contribution in [-0.4, -0.2) is 35.0 Å². The predicted octanol–water partition coefficient (Wildman–Crippen LogP) is 1.46. The molecule has 7 nitrogen and oxygen atoms in total. The topological polar surface area (TPSA) is 86.2 Å². The number of para-hydroxylation sites is 1. The first kappa shape index (κ1) is 12.5. The summed E-state index contributed by atoms with van der Waals surface area (Å²) < 4.78 is 16.2. The summed E-state index contributed by atoms with van der Waals surface area (Å²) in [5.74, 6) is 1.09. The first-order valence-electron chi connectivity index (χ1n) is 6.88. The molecule has 3 heterocycles. The molecule has 1 atom stereocenters. The van der Waals surface area contributed by atoms with Gasteiger partial charge >= 0.3 is 0 Å². The highest BCUT2D eigenvalue weighted by Gasteiger charge is 2.22. The smallest absolute Gasteiger partial charge is 0.232 e. The molecule has 0 radical (unpaired) electrons. The average Bonchev–Trinajstić information content (AvgIpc) is 3.17. The Morgan fingerprint density at radius 3 is 3.05 bits per heavy atom. The van der Waals surface area contributed by atoms with E-state index in [-0.39, 0.29) is 6.10 Å². The van der Waals surface area contributed by atoms with E-state index in [1.165, 1.54) is 0 Å². The van der Waals surface area contributed by atoms with E-state index < -0.39 is 0 Å². The molecule has 0 spiro atoms. The van der Waals surface area contributed by atoms with Crippen molar-refractivity contribution in [2.45, 2.75) is 12.5 Å². The van der Waals surface area contributed by atoms with Gasteiger partial charge in [0.15, 0.2) is 5.58 Å². The second-order valence-corrected chi connectivity index (χ2v) is 4.91. The zero-order valence-electron chi connectivity index (χ0n) is 11.3. The number of rotatable bonds is 3. The van der Waals surface area contributed by atoms with E-state index in [9.17, 15) is 0 Å². The highest BCUT2D eigenvalue weighted by Crippen LogP contribution is 2.21. The van der Waals surface area contributed by atoms with E-state index in [4.69, 9.17) is 13.8 Å². The normalized spacial score (nSPS) is 19.1. The van der Waals surface area contributed by atoms with Crippen molar-refractivity contribution >= 4 is 11.0 Å². The molecule has 7 heteroatoms. The van der Waals surface area contributed by atoms with Crippen molar-refractivity contribution in [3.8, 4) is 0 Å². The number of fused-ring (bicyclic) bond motifs is 1. The molecule has 2 aromatic heterocycles. The number of hydrogen-bond donors (Lipinski definition) is 1. The molecule has 1 aromatic carbocycles. The first-order chi connectivity index (χ1) is 10.4. The Balaban J connectivity index is 1.56. The molecule has 1 unspecified atom stereocenters. The van der Waals surface area contributed by atoms with Crippen LogP contribution in [-0.2, 0) is 11.2 Å². The molecule has 0 bridgehead atoms. The van der Waals surface area contributed by atoms with Gasteiger partial charge in [-0.3, -0.25) is 0 Å². The second-order valence-electron chi connectivity index (χ2n) is 4.91. The van der Waals surface area contributed by atoms with Gasteiger partial charge in [-0.2, -0.15) is 4.98 Å². The van der Waals surface area contributed by atoms with Gasteiger partial charge in [-0.25, -0.2) is 0 Å². The number of benzene rings is 1. The molecule has 0 saturated carbocycles. The quantitative estimate of drug-likeness (QED) is 0.780. The Hall–Kier alpha value is -2.25. The molecule has 3 aromatic rings. The molecule has 1 fully saturated rings. The van der Waals surface area contributed by atoms with Crippen LogP contribution in [0.5, 0.6) is 0 Å². The first-order valence-corrected chi connectivity index (χ1v) is 6.88. The Morgan fingerprint density at radius 1 is 1.19 bits per heavy atom. The molecule has 1 aliphatic rings. The predicted molar refractivity (Wildman–Crippen MR) is 72.7 cm³/mol. The van der Waals surface area contributed by atoms with Gasteiger partial charge in [-0.05, 0) is 12.1 Å². The van der Waals surface area contributed by atoms with Crippen molar-refractivity contribution in [1.82, 2.24) is 20.6 Å². The third-order valence-electron chi connectivity index (χ3n) is 3.47. The van der Waals surface area contributed by atoms with E-state index in [1.54, 1.807) is 0 Å². The van der Waals surface area contributed by atoms with E-state index in [0.717, 1.165) is 23.2 Å². The largest absolute Gasteiger partial charge is 0.367 e. The van der Waals surface area contributed by atoms with Gasteiger partial charge in [0.05, 0.1) is 13.0 Å². The standard InChI is InChI=1S/C14H14N4O3/c1-2-4-11-9(3-1)10(17-20-11)7-13-16-14(18-21-13)12-8-15-5-6-19-12/h1-4,12,15H,5-8H2. The average molecular weight is 286 g/mol. The number of hydrogen-bond acceptors (Lipinski definition) is 7.